The van der Waals surface area contributed by atoms with Crippen molar-refractivity contribution in [1.82, 2.24) is 4.90 Å². The topological polar surface area (TPSA) is 38.8 Å². The lowest BCUT2D eigenvalue weighted by Crippen LogP contribution is -2.41. The Kier molecular flexibility index (Phi) is 5.54. The summed E-state index contributed by atoms with van der Waals surface area (Å²) in [5, 5.41) is 2.44. The van der Waals surface area contributed by atoms with Crippen molar-refractivity contribution in [2.24, 2.45) is 0 Å². The van der Waals surface area contributed by atoms with E-state index in [1.165, 1.54) is 18.4 Å². The SMILES string of the molecule is COc1c(C(=O)N2CCC(Oc3ccc(Cl)cc3)CC2)csc1Cl. The molecule has 128 valence electrons. The van der Waals surface area contributed by atoms with E-state index in [9.17, 15) is 4.79 Å². The molecule has 4 nitrogen and oxygen atoms in total. The van der Waals surface area contributed by atoms with Crippen LogP contribution in [-0.2, 0) is 0 Å². The van der Waals surface area contributed by atoms with Crippen molar-refractivity contribution in [3.63, 3.8) is 0 Å². The summed E-state index contributed by atoms with van der Waals surface area (Å²) in [5.41, 5.74) is 0.532. The second-order valence-corrected chi connectivity index (χ2v) is 7.44. The number of benzene rings is 1. The van der Waals surface area contributed by atoms with Gasteiger partial charge in [-0.15, -0.1) is 11.3 Å². The molecule has 7 heteroatoms. The van der Waals surface area contributed by atoms with Crippen LogP contribution in [0.1, 0.15) is 23.2 Å². The summed E-state index contributed by atoms with van der Waals surface area (Å²) in [4.78, 5) is 14.5. The van der Waals surface area contributed by atoms with Gasteiger partial charge in [0.1, 0.15) is 16.2 Å². The quantitative estimate of drug-likeness (QED) is 0.762. The average Bonchev–Trinajstić information content (AvgIpc) is 2.97. The summed E-state index contributed by atoms with van der Waals surface area (Å²) in [6.07, 6.45) is 1.67. The number of hydrogen-bond donors (Lipinski definition) is 0. The highest BCUT2D eigenvalue weighted by Crippen LogP contribution is 2.36. The summed E-state index contributed by atoms with van der Waals surface area (Å²) >= 11 is 13.2. The molecule has 1 aromatic heterocycles. The minimum atomic E-state index is -0.0417. The lowest BCUT2D eigenvalue weighted by Gasteiger charge is -2.32. The zero-order valence-corrected chi connectivity index (χ0v) is 15.5. The highest BCUT2D eigenvalue weighted by atomic mass is 35.5. The number of carbonyl (C=O) groups is 1. The number of likely N-dealkylation sites (tertiary alicyclic amines) is 1. The monoisotopic (exact) mass is 385 g/mol. The van der Waals surface area contributed by atoms with E-state index in [0.717, 1.165) is 18.6 Å². The van der Waals surface area contributed by atoms with E-state index in [1.54, 1.807) is 5.38 Å². The molecule has 24 heavy (non-hydrogen) atoms. The molecule has 1 aliphatic heterocycles. The summed E-state index contributed by atoms with van der Waals surface area (Å²) in [6.45, 7) is 1.29. The number of hydrogen-bond acceptors (Lipinski definition) is 4. The van der Waals surface area contributed by atoms with E-state index < -0.39 is 0 Å². The summed E-state index contributed by atoms with van der Waals surface area (Å²) in [6, 6.07) is 7.33. The van der Waals surface area contributed by atoms with Crippen molar-refractivity contribution in [2.75, 3.05) is 20.2 Å². The lowest BCUT2D eigenvalue weighted by atomic mass is 10.1. The highest BCUT2D eigenvalue weighted by molar-refractivity contribution is 7.15. The van der Waals surface area contributed by atoms with Crippen LogP contribution in [0.3, 0.4) is 0 Å². The van der Waals surface area contributed by atoms with Crippen molar-refractivity contribution in [1.29, 1.82) is 0 Å². The third-order valence-corrected chi connectivity index (χ3v) is 5.42. The smallest absolute Gasteiger partial charge is 0.258 e. The van der Waals surface area contributed by atoms with Crippen LogP contribution in [0.4, 0.5) is 0 Å². The molecule has 1 saturated heterocycles. The van der Waals surface area contributed by atoms with Crippen molar-refractivity contribution in [2.45, 2.75) is 18.9 Å². The van der Waals surface area contributed by atoms with E-state index in [2.05, 4.69) is 0 Å². The third kappa shape index (κ3) is 3.79. The number of amides is 1. The average molecular weight is 386 g/mol. The number of ether oxygens (including phenoxy) is 2. The second-order valence-electron chi connectivity index (χ2n) is 5.52. The van der Waals surface area contributed by atoms with Gasteiger partial charge in [-0.3, -0.25) is 4.79 Å². The summed E-state index contributed by atoms with van der Waals surface area (Å²) in [7, 11) is 1.52. The van der Waals surface area contributed by atoms with Gasteiger partial charge in [-0.05, 0) is 24.3 Å². The Hall–Kier alpha value is -1.43. The number of rotatable bonds is 4. The molecule has 2 heterocycles. The molecule has 0 atom stereocenters. The van der Waals surface area contributed by atoms with Crippen molar-refractivity contribution >= 4 is 40.4 Å². The van der Waals surface area contributed by atoms with Crippen LogP contribution in [0.25, 0.3) is 0 Å². The largest absolute Gasteiger partial charge is 0.493 e. The number of thiophene rings is 1. The molecule has 1 aliphatic rings. The molecule has 0 bridgehead atoms. The Morgan fingerprint density at radius 2 is 1.88 bits per heavy atom. The van der Waals surface area contributed by atoms with Gasteiger partial charge in [-0.2, -0.15) is 0 Å². The van der Waals surface area contributed by atoms with Crippen LogP contribution in [0.5, 0.6) is 11.5 Å². The first-order valence-corrected chi connectivity index (χ1v) is 9.24. The van der Waals surface area contributed by atoms with E-state index in [-0.39, 0.29) is 12.0 Å². The molecular formula is C17H17Cl2NO3S. The van der Waals surface area contributed by atoms with Crippen LogP contribution in [-0.4, -0.2) is 37.1 Å². The van der Waals surface area contributed by atoms with E-state index >= 15 is 0 Å². The fourth-order valence-electron chi connectivity index (χ4n) is 2.71. The van der Waals surface area contributed by atoms with Gasteiger partial charge in [-0.25, -0.2) is 0 Å². The van der Waals surface area contributed by atoms with Crippen LogP contribution in [0.2, 0.25) is 9.36 Å². The minimum absolute atomic E-state index is 0.0417. The van der Waals surface area contributed by atoms with Crippen LogP contribution >= 0.6 is 34.5 Å². The maximum absolute atomic E-state index is 12.6. The fraction of sp³-hybridized carbons (Fsp3) is 0.353. The second kappa shape index (κ2) is 7.64. The fourth-order valence-corrected chi connectivity index (χ4v) is 3.88. The maximum atomic E-state index is 12.6. The maximum Gasteiger partial charge on any atom is 0.258 e. The zero-order chi connectivity index (χ0) is 17.1. The first kappa shape index (κ1) is 17.4. The number of piperidine rings is 1. The van der Waals surface area contributed by atoms with Crippen LogP contribution in [0.15, 0.2) is 29.6 Å². The van der Waals surface area contributed by atoms with E-state index in [1.807, 2.05) is 29.2 Å². The summed E-state index contributed by atoms with van der Waals surface area (Å²) < 4.78 is 11.7. The molecule has 2 aromatic rings. The zero-order valence-electron chi connectivity index (χ0n) is 13.1. The van der Waals surface area contributed by atoms with Gasteiger partial charge >= 0.3 is 0 Å². The van der Waals surface area contributed by atoms with Crippen LogP contribution < -0.4 is 9.47 Å². The molecule has 0 spiro atoms. The van der Waals surface area contributed by atoms with Crippen molar-refractivity contribution in [3.05, 3.63) is 44.6 Å². The number of nitrogens with zero attached hydrogens (tertiary/aromatic N) is 1. The van der Waals surface area contributed by atoms with Gasteiger partial charge in [0, 0.05) is 36.3 Å². The Labute approximate surface area is 154 Å². The van der Waals surface area contributed by atoms with Crippen molar-refractivity contribution < 1.29 is 14.3 Å². The molecule has 3 rings (SSSR count). The van der Waals surface area contributed by atoms with Gasteiger partial charge in [0.05, 0.1) is 12.7 Å². The summed E-state index contributed by atoms with van der Waals surface area (Å²) in [5.74, 6) is 1.22. The predicted molar refractivity (Wildman–Crippen MR) is 96.9 cm³/mol. The Bertz CT molecular complexity index is 709. The van der Waals surface area contributed by atoms with E-state index in [0.29, 0.717) is 33.8 Å². The van der Waals surface area contributed by atoms with Gasteiger partial charge in [0.25, 0.3) is 5.91 Å². The molecular weight excluding hydrogens is 369 g/mol. The molecule has 0 unspecified atom stereocenters. The lowest BCUT2D eigenvalue weighted by molar-refractivity contribution is 0.0593. The molecule has 1 fully saturated rings. The normalized spacial score (nSPS) is 15.4. The predicted octanol–water partition coefficient (Wildman–Crippen LogP) is 4.75. The first-order valence-electron chi connectivity index (χ1n) is 7.61. The first-order chi connectivity index (χ1) is 11.6. The van der Waals surface area contributed by atoms with Crippen molar-refractivity contribution in [3.8, 4) is 11.5 Å². The Morgan fingerprint density at radius 1 is 1.21 bits per heavy atom. The molecule has 1 aromatic carbocycles. The number of halogens is 2. The van der Waals surface area contributed by atoms with Crippen LogP contribution in [0, 0.1) is 0 Å². The standard InChI is InChI=1S/C17H17Cl2NO3S/c1-22-15-14(10-24-16(15)19)17(21)20-8-6-13(7-9-20)23-12-4-2-11(18)3-5-12/h2-5,10,13H,6-9H2,1H3. The molecule has 1 amide bonds. The van der Waals surface area contributed by atoms with Gasteiger partial charge in [-0.1, -0.05) is 23.2 Å². The number of methoxy groups -OCH3 is 1. The minimum Gasteiger partial charge on any atom is -0.493 e. The molecule has 0 saturated carbocycles. The Morgan fingerprint density at radius 3 is 2.50 bits per heavy atom. The molecule has 0 radical (unpaired) electrons. The Balaban J connectivity index is 1.58. The third-order valence-electron chi connectivity index (χ3n) is 3.98. The molecule has 0 aliphatic carbocycles. The van der Waals surface area contributed by atoms with Gasteiger partial charge in [0.15, 0.2) is 5.75 Å². The molecule has 0 N–H and O–H groups in total. The van der Waals surface area contributed by atoms with Gasteiger partial charge < -0.3 is 14.4 Å². The van der Waals surface area contributed by atoms with Gasteiger partial charge in [0.2, 0.25) is 0 Å². The highest BCUT2D eigenvalue weighted by Gasteiger charge is 2.27. The van der Waals surface area contributed by atoms with E-state index in [4.69, 9.17) is 32.7 Å². The number of carbonyl (C=O) groups excluding carboxylic acids is 1.